The van der Waals surface area contributed by atoms with E-state index >= 15 is 0 Å². The number of aryl methyl sites for hydroxylation is 2. The van der Waals surface area contributed by atoms with Crippen LogP contribution in [0.4, 0.5) is 0 Å². The van der Waals surface area contributed by atoms with Crippen molar-refractivity contribution in [2.45, 2.75) is 26.3 Å². The number of pyridine rings is 1. The van der Waals surface area contributed by atoms with Crippen molar-refractivity contribution in [2.24, 2.45) is 4.99 Å². The molecule has 0 spiro atoms. The number of hydrogen-bond acceptors (Lipinski definition) is 3. The summed E-state index contributed by atoms with van der Waals surface area (Å²) in [6.45, 7) is 4.66. The van der Waals surface area contributed by atoms with E-state index in [1.807, 2.05) is 30.5 Å². The molecule has 6 heteroatoms. The topological polar surface area (TPSA) is 67.1 Å². The molecule has 1 aromatic carbocycles. The van der Waals surface area contributed by atoms with Gasteiger partial charge in [-0.25, -0.2) is 4.98 Å². The van der Waals surface area contributed by atoms with Crippen LogP contribution in [0.15, 0.2) is 53.7 Å². The van der Waals surface area contributed by atoms with Crippen molar-refractivity contribution in [3.8, 4) is 0 Å². The Labute approximate surface area is 154 Å². The van der Waals surface area contributed by atoms with Gasteiger partial charge in [-0.15, -0.1) is 0 Å². The zero-order valence-electron chi connectivity index (χ0n) is 15.4. The standard InChI is InChI=1S/C20H26N6/c1-16-25-18-9-3-4-10-19(18)26(16)15-7-13-23-20(21-2)24-14-11-17-8-5-6-12-22-17/h3-6,8-10,12H,7,11,13-15H2,1-2H3,(H2,21,23,24). The molecule has 0 fully saturated rings. The third-order valence-corrected chi connectivity index (χ3v) is 4.32. The van der Waals surface area contributed by atoms with E-state index < -0.39 is 0 Å². The van der Waals surface area contributed by atoms with Crippen molar-refractivity contribution in [1.82, 2.24) is 25.2 Å². The number of para-hydroxylation sites is 2. The Morgan fingerprint density at radius 1 is 1.08 bits per heavy atom. The van der Waals surface area contributed by atoms with Crippen molar-refractivity contribution in [3.63, 3.8) is 0 Å². The first-order valence-corrected chi connectivity index (χ1v) is 9.04. The van der Waals surface area contributed by atoms with Crippen molar-refractivity contribution < 1.29 is 0 Å². The number of benzene rings is 1. The lowest BCUT2D eigenvalue weighted by atomic mass is 10.3. The van der Waals surface area contributed by atoms with Gasteiger partial charge >= 0.3 is 0 Å². The third-order valence-electron chi connectivity index (χ3n) is 4.32. The van der Waals surface area contributed by atoms with Gasteiger partial charge in [0, 0.05) is 45.0 Å². The predicted molar refractivity (Wildman–Crippen MR) is 106 cm³/mol. The van der Waals surface area contributed by atoms with E-state index in [2.05, 4.69) is 55.3 Å². The molecular formula is C20H26N6. The number of nitrogens with one attached hydrogen (secondary N) is 2. The molecule has 0 saturated carbocycles. The normalized spacial score (nSPS) is 11.7. The van der Waals surface area contributed by atoms with Crippen LogP contribution in [0.25, 0.3) is 11.0 Å². The number of guanidine groups is 1. The summed E-state index contributed by atoms with van der Waals surface area (Å²) in [7, 11) is 1.80. The van der Waals surface area contributed by atoms with E-state index in [-0.39, 0.29) is 0 Å². The van der Waals surface area contributed by atoms with Crippen LogP contribution in [0.2, 0.25) is 0 Å². The molecule has 0 aliphatic carbocycles. The number of imidazole rings is 1. The Morgan fingerprint density at radius 3 is 2.69 bits per heavy atom. The average molecular weight is 350 g/mol. The third kappa shape index (κ3) is 4.59. The number of hydrogen-bond donors (Lipinski definition) is 2. The van der Waals surface area contributed by atoms with Crippen LogP contribution in [0.5, 0.6) is 0 Å². The predicted octanol–water partition coefficient (Wildman–Crippen LogP) is 2.54. The molecule has 2 heterocycles. The maximum absolute atomic E-state index is 4.61. The van der Waals surface area contributed by atoms with Gasteiger partial charge in [0.1, 0.15) is 5.82 Å². The number of aromatic nitrogens is 3. The molecule has 0 atom stereocenters. The molecule has 3 aromatic rings. The summed E-state index contributed by atoms with van der Waals surface area (Å²) in [6, 6.07) is 14.3. The Kier molecular flexibility index (Phi) is 6.19. The molecule has 0 unspecified atom stereocenters. The fraction of sp³-hybridized carbons (Fsp3) is 0.350. The van der Waals surface area contributed by atoms with E-state index in [4.69, 9.17) is 0 Å². The number of fused-ring (bicyclic) bond motifs is 1. The Bertz CT molecular complexity index is 853. The summed E-state index contributed by atoms with van der Waals surface area (Å²) in [4.78, 5) is 13.2. The maximum atomic E-state index is 4.61. The maximum Gasteiger partial charge on any atom is 0.190 e. The van der Waals surface area contributed by atoms with Crippen molar-refractivity contribution in [2.75, 3.05) is 20.1 Å². The van der Waals surface area contributed by atoms with E-state index in [1.54, 1.807) is 7.05 Å². The first-order chi connectivity index (χ1) is 12.8. The minimum absolute atomic E-state index is 0.807. The van der Waals surface area contributed by atoms with Crippen LogP contribution < -0.4 is 10.6 Å². The molecule has 2 N–H and O–H groups in total. The summed E-state index contributed by atoms with van der Waals surface area (Å²) < 4.78 is 2.27. The molecule has 6 nitrogen and oxygen atoms in total. The second kappa shape index (κ2) is 8.99. The molecule has 2 aromatic heterocycles. The van der Waals surface area contributed by atoms with Crippen LogP contribution in [0.3, 0.4) is 0 Å². The van der Waals surface area contributed by atoms with Gasteiger partial charge in [-0.1, -0.05) is 18.2 Å². The average Bonchev–Trinajstić information content (AvgIpc) is 2.99. The lowest BCUT2D eigenvalue weighted by molar-refractivity contribution is 0.624. The second-order valence-electron chi connectivity index (χ2n) is 6.15. The monoisotopic (exact) mass is 350 g/mol. The molecular weight excluding hydrogens is 324 g/mol. The first kappa shape index (κ1) is 17.9. The smallest absolute Gasteiger partial charge is 0.190 e. The van der Waals surface area contributed by atoms with E-state index in [0.29, 0.717) is 0 Å². The minimum Gasteiger partial charge on any atom is -0.356 e. The lowest BCUT2D eigenvalue weighted by Gasteiger charge is -2.12. The molecule has 0 saturated heterocycles. The van der Waals surface area contributed by atoms with E-state index in [0.717, 1.165) is 55.5 Å². The van der Waals surface area contributed by atoms with Crippen molar-refractivity contribution in [1.29, 1.82) is 0 Å². The van der Waals surface area contributed by atoms with Gasteiger partial charge in [0.25, 0.3) is 0 Å². The van der Waals surface area contributed by atoms with Crippen LogP contribution in [0, 0.1) is 6.92 Å². The Morgan fingerprint density at radius 2 is 1.88 bits per heavy atom. The summed E-state index contributed by atoms with van der Waals surface area (Å²) >= 11 is 0. The van der Waals surface area contributed by atoms with Gasteiger partial charge in [0.05, 0.1) is 11.0 Å². The van der Waals surface area contributed by atoms with Gasteiger partial charge in [-0.2, -0.15) is 0 Å². The first-order valence-electron chi connectivity index (χ1n) is 9.04. The zero-order chi connectivity index (χ0) is 18.2. The zero-order valence-corrected chi connectivity index (χ0v) is 15.4. The quantitative estimate of drug-likeness (QED) is 0.390. The summed E-state index contributed by atoms with van der Waals surface area (Å²) in [5, 5.41) is 6.70. The van der Waals surface area contributed by atoms with Gasteiger partial charge in [0.2, 0.25) is 0 Å². The lowest BCUT2D eigenvalue weighted by Crippen LogP contribution is -2.39. The SMILES string of the molecule is CN=C(NCCCn1c(C)nc2ccccc21)NCCc1ccccn1. The Hall–Kier alpha value is -2.89. The molecule has 0 amide bonds. The summed E-state index contributed by atoms with van der Waals surface area (Å²) in [5.74, 6) is 1.89. The minimum atomic E-state index is 0.807. The van der Waals surface area contributed by atoms with E-state index in [9.17, 15) is 0 Å². The Balaban J connectivity index is 1.42. The number of nitrogens with zero attached hydrogens (tertiary/aromatic N) is 4. The van der Waals surface area contributed by atoms with Crippen molar-refractivity contribution in [3.05, 3.63) is 60.2 Å². The molecule has 0 aliphatic rings. The molecule has 26 heavy (non-hydrogen) atoms. The highest BCUT2D eigenvalue weighted by atomic mass is 15.2. The molecule has 136 valence electrons. The molecule has 0 bridgehead atoms. The highest BCUT2D eigenvalue weighted by Gasteiger charge is 2.06. The van der Waals surface area contributed by atoms with E-state index in [1.165, 1.54) is 5.52 Å². The van der Waals surface area contributed by atoms with Gasteiger partial charge in [-0.05, 0) is 37.6 Å². The molecule has 3 rings (SSSR count). The van der Waals surface area contributed by atoms with Gasteiger partial charge < -0.3 is 15.2 Å². The highest BCUT2D eigenvalue weighted by Crippen LogP contribution is 2.15. The summed E-state index contributed by atoms with van der Waals surface area (Å²) in [5.41, 5.74) is 3.34. The fourth-order valence-corrected chi connectivity index (χ4v) is 3.00. The van der Waals surface area contributed by atoms with Gasteiger partial charge in [-0.3, -0.25) is 9.98 Å². The second-order valence-corrected chi connectivity index (χ2v) is 6.15. The van der Waals surface area contributed by atoms with Crippen LogP contribution in [0.1, 0.15) is 17.9 Å². The molecule has 0 radical (unpaired) electrons. The molecule has 0 aliphatic heterocycles. The van der Waals surface area contributed by atoms with Crippen molar-refractivity contribution >= 4 is 17.0 Å². The van der Waals surface area contributed by atoms with Crippen LogP contribution >= 0.6 is 0 Å². The number of aliphatic imine (C=N–C) groups is 1. The van der Waals surface area contributed by atoms with Gasteiger partial charge in [0.15, 0.2) is 5.96 Å². The largest absolute Gasteiger partial charge is 0.356 e. The van der Waals surface area contributed by atoms with Crippen LogP contribution in [-0.4, -0.2) is 40.6 Å². The number of rotatable bonds is 7. The summed E-state index contributed by atoms with van der Waals surface area (Å²) in [6.07, 6.45) is 3.70. The fourth-order valence-electron chi connectivity index (χ4n) is 3.00. The van der Waals surface area contributed by atoms with Crippen LogP contribution in [-0.2, 0) is 13.0 Å². The highest BCUT2D eigenvalue weighted by molar-refractivity contribution is 5.79.